The van der Waals surface area contributed by atoms with Crippen molar-refractivity contribution in [2.75, 3.05) is 23.8 Å². The van der Waals surface area contributed by atoms with Crippen molar-refractivity contribution in [2.45, 2.75) is 18.5 Å². The minimum Gasteiger partial charge on any atom is -0.380 e. The Kier molecular flexibility index (Phi) is 5.36. The highest BCUT2D eigenvalue weighted by atomic mass is 16.5. The Morgan fingerprint density at radius 1 is 1.24 bits per heavy atom. The molecule has 0 bridgehead atoms. The molecule has 3 aromatic heterocycles. The third kappa shape index (κ3) is 4.33. The predicted octanol–water partition coefficient (Wildman–Crippen LogP) is 1.50. The highest BCUT2D eigenvalue weighted by Crippen LogP contribution is 2.27. The van der Waals surface area contributed by atoms with Gasteiger partial charge in [-0.05, 0) is 24.6 Å². The van der Waals surface area contributed by atoms with Crippen LogP contribution in [0.1, 0.15) is 16.9 Å². The smallest absolute Gasteiger partial charge is 0.269 e. The number of nitrogens with zero attached hydrogens (tertiary/aromatic N) is 3. The van der Waals surface area contributed by atoms with Crippen LogP contribution in [-0.2, 0) is 4.74 Å². The molecule has 1 aliphatic rings. The minimum absolute atomic E-state index is 0.0430. The van der Waals surface area contributed by atoms with Gasteiger partial charge in [0.15, 0.2) is 5.69 Å². The van der Waals surface area contributed by atoms with Gasteiger partial charge in [0, 0.05) is 42.7 Å². The fourth-order valence-electron chi connectivity index (χ4n) is 3.11. The third-order valence-electron chi connectivity index (χ3n) is 4.62. The Morgan fingerprint density at radius 2 is 2.07 bits per heavy atom. The number of anilines is 3. The SMILES string of the molecule is NC(=O)c1ncc(N[C@@H]2CCOC[C@@H]2N)cc1Nc1cc(-c2ccncc2)no1. The van der Waals surface area contributed by atoms with Crippen LogP contribution in [-0.4, -0.2) is 46.3 Å². The average molecular weight is 395 g/mol. The Labute approximate surface area is 166 Å². The summed E-state index contributed by atoms with van der Waals surface area (Å²) in [5.41, 5.74) is 14.3. The van der Waals surface area contributed by atoms with E-state index < -0.39 is 5.91 Å². The minimum atomic E-state index is -0.657. The second kappa shape index (κ2) is 8.25. The molecule has 6 N–H and O–H groups in total. The summed E-state index contributed by atoms with van der Waals surface area (Å²) in [6, 6.07) is 7.01. The van der Waals surface area contributed by atoms with Crippen LogP contribution < -0.4 is 22.1 Å². The first-order valence-corrected chi connectivity index (χ1v) is 9.14. The van der Waals surface area contributed by atoms with Crippen LogP contribution in [0, 0.1) is 0 Å². The number of primary amides is 1. The summed E-state index contributed by atoms with van der Waals surface area (Å²) in [6.45, 7) is 1.13. The summed E-state index contributed by atoms with van der Waals surface area (Å²) < 4.78 is 10.7. The first kappa shape index (κ1) is 18.8. The number of aromatic nitrogens is 3. The van der Waals surface area contributed by atoms with Crippen LogP contribution in [0.2, 0.25) is 0 Å². The second-order valence-electron chi connectivity index (χ2n) is 6.70. The van der Waals surface area contributed by atoms with Gasteiger partial charge in [0.25, 0.3) is 5.91 Å². The first-order valence-electron chi connectivity index (χ1n) is 9.14. The van der Waals surface area contributed by atoms with Gasteiger partial charge in [-0.1, -0.05) is 5.16 Å². The van der Waals surface area contributed by atoms with Crippen molar-refractivity contribution in [3.05, 3.63) is 48.5 Å². The lowest BCUT2D eigenvalue weighted by atomic mass is 10.0. The average Bonchev–Trinajstić information content (AvgIpc) is 3.19. The molecule has 0 aliphatic carbocycles. The van der Waals surface area contributed by atoms with E-state index in [2.05, 4.69) is 25.8 Å². The maximum absolute atomic E-state index is 11.8. The summed E-state index contributed by atoms with van der Waals surface area (Å²) in [7, 11) is 0. The van der Waals surface area contributed by atoms with Crippen molar-refractivity contribution in [1.29, 1.82) is 0 Å². The van der Waals surface area contributed by atoms with Gasteiger partial charge in [-0.25, -0.2) is 4.98 Å². The summed E-state index contributed by atoms with van der Waals surface area (Å²) in [6.07, 6.45) is 5.67. The Balaban J connectivity index is 1.57. The third-order valence-corrected chi connectivity index (χ3v) is 4.62. The molecular formula is C19H21N7O3. The molecule has 4 heterocycles. The van der Waals surface area contributed by atoms with Gasteiger partial charge in [-0.2, -0.15) is 0 Å². The topological polar surface area (TPSA) is 154 Å². The van der Waals surface area contributed by atoms with Crippen molar-refractivity contribution in [3.63, 3.8) is 0 Å². The van der Waals surface area contributed by atoms with Gasteiger partial charge in [-0.15, -0.1) is 0 Å². The van der Waals surface area contributed by atoms with Gasteiger partial charge in [-0.3, -0.25) is 9.78 Å². The Hall–Kier alpha value is -3.50. The molecule has 29 heavy (non-hydrogen) atoms. The summed E-state index contributed by atoms with van der Waals surface area (Å²) in [4.78, 5) is 20.0. The second-order valence-corrected chi connectivity index (χ2v) is 6.70. The van der Waals surface area contributed by atoms with E-state index in [-0.39, 0.29) is 17.8 Å². The zero-order chi connectivity index (χ0) is 20.2. The standard InChI is InChI=1S/C19H21N7O3/c20-13-10-28-6-3-14(13)24-12-7-16(18(19(21)27)23-9-12)25-17-8-15(26-29-17)11-1-4-22-5-2-11/h1-2,4-5,7-9,13-14,24-25H,3,6,10,20H2,(H2,21,27)/t13-,14+/m0/s1. The molecule has 0 unspecified atom stereocenters. The lowest BCUT2D eigenvalue weighted by Gasteiger charge is -2.30. The molecule has 1 amide bonds. The highest BCUT2D eigenvalue weighted by molar-refractivity contribution is 5.97. The lowest BCUT2D eigenvalue weighted by Crippen LogP contribution is -2.47. The van der Waals surface area contributed by atoms with E-state index in [4.69, 9.17) is 20.7 Å². The Morgan fingerprint density at radius 3 is 2.83 bits per heavy atom. The largest absolute Gasteiger partial charge is 0.380 e. The van der Waals surface area contributed by atoms with Gasteiger partial charge < -0.3 is 31.4 Å². The van der Waals surface area contributed by atoms with Gasteiger partial charge in [0.05, 0.1) is 24.2 Å². The molecule has 0 spiro atoms. The Bertz CT molecular complexity index is 992. The molecule has 150 valence electrons. The van der Waals surface area contributed by atoms with Crippen LogP contribution >= 0.6 is 0 Å². The number of rotatable bonds is 6. The summed E-state index contributed by atoms with van der Waals surface area (Å²) >= 11 is 0. The first-order chi connectivity index (χ1) is 14.1. The monoisotopic (exact) mass is 395 g/mol. The number of hydrogen-bond acceptors (Lipinski definition) is 9. The molecule has 0 aromatic carbocycles. The molecule has 10 heteroatoms. The number of nitrogens with two attached hydrogens (primary N) is 2. The van der Waals surface area contributed by atoms with Crippen LogP contribution in [0.15, 0.2) is 47.4 Å². The normalized spacial score (nSPS) is 18.9. The molecule has 10 nitrogen and oxygen atoms in total. The molecule has 1 fully saturated rings. The van der Waals surface area contributed by atoms with Crippen molar-refractivity contribution >= 4 is 23.2 Å². The number of carbonyl (C=O) groups excluding carboxylic acids is 1. The number of ether oxygens (including phenoxy) is 1. The fourth-order valence-corrected chi connectivity index (χ4v) is 3.11. The number of amides is 1. The highest BCUT2D eigenvalue weighted by Gasteiger charge is 2.23. The number of hydrogen-bond donors (Lipinski definition) is 4. The zero-order valence-electron chi connectivity index (χ0n) is 15.5. The molecule has 2 atom stereocenters. The number of nitrogens with one attached hydrogen (secondary N) is 2. The van der Waals surface area contributed by atoms with Crippen LogP contribution in [0.4, 0.5) is 17.3 Å². The van der Waals surface area contributed by atoms with Crippen LogP contribution in [0.3, 0.4) is 0 Å². The van der Waals surface area contributed by atoms with Gasteiger partial charge >= 0.3 is 0 Å². The molecule has 3 aromatic rings. The van der Waals surface area contributed by atoms with Gasteiger partial charge in [0.2, 0.25) is 5.88 Å². The molecule has 0 saturated carbocycles. The zero-order valence-corrected chi connectivity index (χ0v) is 15.5. The van der Waals surface area contributed by atoms with Crippen molar-refractivity contribution in [1.82, 2.24) is 15.1 Å². The molecule has 1 aliphatic heterocycles. The maximum Gasteiger partial charge on any atom is 0.269 e. The predicted molar refractivity (Wildman–Crippen MR) is 107 cm³/mol. The number of carbonyl (C=O) groups is 1. The van der Waals surface area contributed by atoms with Crippen molar-refractivity contribution in [2.24, 2.45) is 11.5 Å². The van der Waals surface area contributed by atoms with Crippen LogP contribution in [0.5, 0.6) is 0 Å². The van der Waals surface area contributed by atoms with E-state index in [1.807, 2.05) is 12.1 Å². The number of pyridine rings is 2. The molecule has 4 rings (SSSR count). The molecular weight excluding hydrogens is 374 g/mol. The lowest BCUT2D eigenvalue weighted by molar-refractivity contribution is 0.0752. The van der Waals surface area contributed by atoms with Crippen molar-refractivity contribution < 1.29 is 14.1 Å². The van der Waals surface area contributed by atoms with Gasteiger partial charge in [0.1, 0.15) is 5.69 Å². The summed E-state index contributed by atoms with van der Waals surface area (Å²) in [5, 5.41) is 10.4. The quantitative estimate of drug-likeness (QED) is 0.486. The van der Waals surface area contributed by atoms with Crippen molar-refractivity contribution in [3.8, 4) is 11.3 Å². The van der Waals surface area contributed by atoms with E-state index in [9.17, 15) is 4.79 Å². The fraction of sp³-hybridized carbons (Fsp3) is 0.263. The van der Waals surface area contributed by atoms with E-state index in [0.717, 1.165) is 12.0 Å². The maximum atomic E-state index is 11.8. The van der Waals surface area contributed by atoms with E-state index in [1.165, 1.54) is 0 Å². The summed E-state index contributed by atoms with van der Waals surface area (Å²) in [5.74, 6) is -0.309. The van der Waals surface area contributed by atoms with E-state index in [0.29, 0.717) is 36.2 Å². The molecule has 0 radical (unpaired) electrons. The van der Waals surface area contributed by atoms with E-state index in [1.54, 1.807) is 30.7 Å². The van der Waals surface area contributed by atoms with Crippen LogP contribution in [0.25, 0.3) is 11.3 Å². The van der Waals surface area contributed by atoms with E-state index >= 15 is 0 Å². The molecule has 1 saturated heterocycles.